The molecule has 5 nitrogen and oxygen atoms in total. The summed E-state index contributed by atoms with van der Waals surface area (Å²) in [5, 5.41) is 0. The van der Waals surface area contributed by atoms with Gasteiger partial charge in [-0.1, -0.05) is 91.0 Å². The molecule has 1 aliphatic rings. The molecule has 168 valence electrons. The Morgan fingerprint density at radius 3 is 1.53 bits per heavy atom. The van der Waals surface area contributed by atoms with Gasteiger partial charge >= 0.3 is 0 Å². The Morgan fingerprint density at radius 1 is 0.625 bits per heavy atom. The number of methoxy groups -OCH3 is 1. The normalized spacial score (nSPS) is 23.2. The second-order valence-corrected chi connectivity index (χ2v) is 7.79. The van der Waals surface area contributed by atoms with Gasteiger partial charge in [0.25, 0.3) is 0 Å². The van der Waals surface area contributed by atoms with Crippen LogP contribution < -0.4 is 0 Å². The van der Waals surface area contributed by atoms with Crippen LogP contribution in [-0.2, 0) is 43.5 Å². The molecule has 1 heterocycles. The van der Waals surface area contributed by atoms with Crippen LogP contribution in [0, 0.1) is 0 Å². The van der Waals surface area contributed by atoms with Crippen molar-refractivity contribution in [2.45, 2.75) is 44.4 Å². The molecular weight excluding hydrogens is 404 g/mol. The summed E-state index contributed by atoms with van der Waals surface area (Å²) in [5.41, 5.74) is 3.28. The minimum Gasteiger partial charge on any atom is -0.368 e. The third-order valence-corrected chi connectivity index (χ3v) is 5.49. The monoisotopic (exact) mass is 434 g/mol. The highest BCUT2D eigenvalue weighted by Crippen LogP contribution is 2.27. The fourth-order valence-electron chi connectivity index (χ4n) is 3.78. The molecule has 0 bridgehead atoms. The molecule has 3 aromatic carbocycles. The standard InChI is InChI=1S/C27H30O5/c1-28-27-26(31-19-23-15-9-4-10-16-23)25(30-18-22-13-7-3-8-14-22)24(20-32-27)29-17-21-11-5-2-6-12-21/h2-16,24-27H,17-20H2,1H3/t24-,25-,26+,27-/m1/s1. The highest BCUT2D eigenvalue weighted by molar-refractivity contribution is 5.15. The zero-order valence-electron chi connectivity index (χ0n) is 18.3. The average Bonchev–Trinajstić information content (AvgIpc) is 2.87. The van der Waals surface area contributed by atoms with Crippen LogP contribution in [0.1, 0.15) is 16.7 Å². The van der Waals surface area contributed by atoms with E-state index in [4.69, 9.17) is 23.7 Å². The fraction of sp³-hybridized carbons (Fsp3) is 0.333. The first-order chi connectivity index (χ1) is 15.8. The largest absolute Gasteiger partial charge is 0.368 e. The van der Waals surface area contributed by atoms with E-state index in [2.05, 4.69) is 0 Å². The van der Waals surface area contributed by atoms with Gasteiger partial charge in [0.1, 0.15) is 18.3 Å². The van der Waals surface area contributed by atoms with Crippen LogP contribution in [0.5, 0.6) is 0 Å². The molecule has 0 N–H and O–H groups in total. The molecule has 4 rings (SSSR count). The molecule has 4 atom stereocenters. The van der Waals surface area contributed by atoms with Crippen LogP contribution in [0.4, 0.5) is 0 Å². The molecule has 3 aromatic rings. The quantitative estimate of drug-likeness (QED) is 0.461. The Labute approximate surface area is 189 Å². The summed E-state index contributed by atoms with van der Waals surface area (Å²) in [6.45, 7) is 1.74. The number of hydrogen-bond acceptors (Lipinski definition) is 5. The van der Waals surface area contributed by atoms with Gasteiger partial charge in [0.05, 0.1) is 26.4 Å². The minimum atomic E-state index is -0.531. The minimum absolute atomic E-state index is 0.286. The smallest absolute Gasteiger partial charge is 0.186 e. The summed E-state index contributed by atoms with van der Waals surface area (Å²) < 4.78 is 30.5. The molecule has 0 amide bonds. The molecule has 0 aliphatic carbocycles. The van der Waals surface area contributed by atoms with Gasteiger partial charge in [-0.2, -0.15) is 0 Å². The van der Waals surface area contributed by atoms with Crippen molar-refractivity contribution in [2.24, 2.45) is 0 Å². The maximum absolute atomic E-state index is 6.39. The second-order valence-electron chi connectivity index (χ2n) is 7.79. The number of ether oxygens (including phenoxy) is 5. The highest BCUT2D eigenvalue weighted by Gasteiger charge is 2.43. The van der Waals surface area contributed by atoms with Crippen molar-refractivity contribution in [1.29, 1.82) is 0 Å². The maximum atomic E-state index is 6.39. The van der Waals surface area contributed by atoms with E-state index in [0.717, 1.165) is 16.7 Å². The van der Waals surface area contributed by atoms with Crippen LogP contribution in [0.3, 0.4) is 0 Å². The molecule has 1 fully saturated rings. The first-order valence-electron chi connectivity index (χ1n) is 10.9. The summed E-state index contributed by atoms with van der Waals surface area (Å²) >= 11 is 0. The van der Waals surface area contributed by atoms with Crippen LogP contribution >= 0.6 is 0 Å². The van der Waals surface area contributed by atoms with E-state index in [0.29, 0.717) is 26.4 Å². The van der Waals surface area contributed by atoms with E-state index < -0.39 is 12.4 Å². The van der Waals surface area contributed by atoms with Crippen LogP contribution in [0.15, 0.2) is 91.0 Å². The lowest BCUT2D eigenvalue weighted by Gasteiger charge is -2.41. The predicted octanol–water partition coefficient (Wildman–Crippen LogP) is 4.75. The number of rotatable bonds is 10. The van der Waals surface area contributed by atoms with Gasteiger partial charge in [0, 0.05) is 7.11 Å². The van der Waals surface area contributed by atoms with E-state index in [1.54, 1.807) is 7.11 Å². The lowest BCUT2D eigenvalue weighted by atomic mass is 10.0. The van der Waals surface area contributed by atoms with E-state index in [1.165, 1.54) is 0 Å². The Morgan fingerprint density at radius 2 is 1.06 bits per heavy atom. The average molecular weight is 435 g/mol. The van der Waals surface area contributed by atoms with Gasteiger partial charge in [-0.15, -0.1) is 0 Å². The van der Waals surface area contributed by atoms with Gasteiger partial charge in [-0.3, -0.25) is 0 Å². The zero-order valence-corrected chi connectivity index (χ0v) is 18.3. The molecule has 1 saturated heterocycles. The molecule has 0 saturated carbocycles. The number of benzene rings is 3. The van der Waals surface area contributed by atoms with Crippen molar-refractivity contribution in [3.63, 3.8) is 0 Å². The van der Waals surface area contributed by atoms with E-state index in [-0.39, 0.29) is 12.2 Å². The molecule has 5 heteroatoms. The zero-order chi connectivity index (χ0) is 22.0. The SMILES string of the molecule is CO[C@@H]1OC[C@@H](OCc2ccccc2)[C@@H](OCc2ccccc2)[C@@H]1OCc1ccccc1. The van der Waals surface area contributed by atoms with Gasteiger partial charge in [-0.05, 0) is 16.7 Å². The third-order valence-electron chi connectivity index (χ3n) is 5.49. The molecule has 0 spiro atoms. The Bertz CT molecular complexity index is 903. The molecular formula is C27H30O5. The van der Waals surface area contributed by atoms with Crippen molar-refractivity contribution in [3.05, 3.63) is 108 Å². The highest BCUT2D eigenvalue weighted by atomic mass is 16.7. The molecule has 0 aromatic heterocycles. The maximum Gasteiger partial charge on any atom is 0.186 e. The second kappa shape index (κ2) is 11.9. The molecule has 0 unspecified atom stereocenters. The number of hydrogen-bond donors (Lipinski definition) is 0. The predicted molar refractivity (Wildman–Crippen MR) is 122 cm³/mol. The van der Waals surface area contributed by atoms with E-state index in [1.807, 2.05) is 91.0 Å². The van der Waals surface area contributed by atoms with Gasteiger partial charge in [0.2, 0.25) is 0 Å². The molecule has 1 aliphatic heterocycles. The Kier molecular flexibility index (Phi) is 8.42. The third kappa shape index (κ3) is 6.25. The molecule has 0 radical (unpaired) electrons. The van der Waals surface area contributed by atoms with Crippen LogP contribution in [0.25, 0.3) is 0 Å². The van der Waals surface area contributed by atoms with Crippen LogP contribution in [-0.4, -0.2) is 38.3 Å². The van der Waals surface area contributed by atoms with Crippen molar-refractivity contribution < 1.29 is 23.7 Å². The van der Waals surface area contributed by atoms with Gasteiger partial charge in [0.15, 0.2) is 6.29 Å². The first-order valence-corrected chi connectivity index (χ1v) is 10.9. The van der Waals surface area contributed by atoms with Crippen LogP contribution in [0.2, 0.25) is 0 Å². The summed E-state index contributed by atoms with van der Waals surface area (Å²) in [5.74, 6) is 0. The summed E-state index contributed by atoms with van der Waals surface area (Å²) in [7, 11) is 1.63. The van der Waals surface area contributed by atoms with Gasteiger partial charge < -0.3 is 23.7 Å². The summed E-state index contributed by atoms with van der Waals surface area (Å²) in [4.78, 5) is 0. The Hall–Kier alpha value is -2.54. The summed E-state index contributed by atoms with van der Waals surface area (Å²) in [6.07, 6.45) is -1.60. The summed E-state index contributed by atoms with van der Waals surface area (Å²) in [6, 6.07) is 30.3. The van der Waals surface area contributed by atoms with E-state index >= 15 is 0 Å². The van der Waals surface area contributed by atoms with Crippen molar-refractivity contribution >= 4 is 0 Å². The first kappa shape index (κ1) is 22.6. The molecule has 32 heavy (non-hydrogen) atoms. The fourth-order valence-corrected chi connectivity index (χ4v) is 3.78. The van der Waals surface area contributed by atoms with Crippen molar-refractivity contribution in [3.8, 4) is 0 Å². The Balaban J connectivity index is 1.49. The van der Waals surface area contributed by atoms with Crippen molar-refractivity contribution in [2.75, 3.05) is 13.7 Å². The topological polar surface area (TPSA) is 46.2 Å². The van der Waals surface area contributed by atoms with Crippen molar-refractivity contribution in [1.82, 2.24) is 0 Å². The lowest BCUT2D eigenvalue weighted by molar-refractivity contribution is -0.293. The lowest BCUT2D eigenvalue weighted by Crippen LogP contribution is -2.56. The van der Waals surface area contributed by atoms with Gasteiger partial charge in [-0.25, -0.2) is 0 Å². The van der Waals surface area contributed by atoms with E-state index in [9.17, 15) is 0 Å².